The van der Waals surface area contributed by atoms with Crippen LogP contribution < -0.4 is 5.32 Å². The molecule has 1 fully saturated rings. The van der Waals surface area contributed by atoms with E-state index in [0.29, 0.717) is 5.92 Å². The van der Waals surface area contributed by atoms with Gasteiger partial charge in [0, 0.05) is 6.54 Å². The topological polar surface area (TPSA) is 32.3 Å². The highest BCUT2D eigenvalue weighted by molar-refractivity contribution is 5.84. The zero-order chi connectivity index (χ0) is 14.0. The van der Waals surface area contributed by atoms with Gasteiger partial charge in [-0.1, -0.05) is 45.0 Å². The molecule has 0 radical (unpaired) electrons. The first kappa shape index (κ1) is 14.1. The van der Waals surface area contributed by atoms with Gasteiger partial charge in [-0.25, -0.2) is 0 Å². The average molecular weight is 260 g/mol. The van der Waals surface area contributed by atoms with Crippen LogP contribution in [0.1, 0.15) is 57.3 Å². The molecule has 0 aliphatic carbocycles. The van der Waals surface area contributed by atoms with Crippen molar-refractivity contribution in [3.63, 3.8) is 0 Å². The second-order valence-corrected chi connectivity index (χ2v) is 5.64. The lowest BCUT2D eigenvalue weighted by atomic mass is 10.0. The van der Waals surface area contributed by atoms with E-state index in [0.717, 1.165) is 13.0 Å². The average Bonchev–Trinajstić information content (AvgIpc) is 2.68. The maximum Gasteiger partial charge on any atom is 0.241 e. The minimum Gasteiger partial charge on any atom is -0.322 e. The number of nitrogens with one attached hydrogen (secondary N) is 1. The third-order valence-electron chi connectivity index (χ3n) is 3.76. The van der Waals surface area contributed by atoms with Gasteiger partial charge in [-0.15, -0.1) is 0 Å². The molecule has 1 amide bonds. The van der Waals surface area contributed by atoms with Crippen LogP contribution in [0.5, 0.6) is 0 Å². The molecule has 1 N–H and O–H groups in total. The minimum atomic E-state index is -0.0821. The van der Waals surface area contributed by atoms with E-state index in [1.165, 1.54) is 11.1 Å². The van der Waals surface area contributed by atoms with Crippen molar-refractivity contribution in [3.05, 3.63) is 35.4 Å². The Kier molecular flexibility index (Phi) is 4.25. The zero-order valence-electron chi connectivity index (χ0n) is 12.3. The second kappa shape index (κ2) is 5.74. The molecule has 3 nitrogen and oxygen atoms in total. The van der Waals surface area contributed by atoms with Crippen molar-refractivity contribution < 1.29 is 4.79 Å². The SMILES string of the molecule is CCCN1C(=O)C(C)NC1c1ccc(C(C)C)cc1. The molecule has 0 saturated carbocycles. The van der Waals surface area contributed by atoms with Crippen LogP contribution in [0.15, 0.2) is 24.3 Å². The molecule has 104 valence electrons. The monoisotopic (exact) mass is 260 g/mol. The van der Waals surface area contributed by atoms with Crippen molar-refractivity contribution >= 4 is 5.91 Å². The van der Waals surface area contributed by atoms with E-state index in [-0.39, 0.29) is 18.1 Å². The summed E-state index contributed by atoms with van der Waals surface area (Å²) in [6.07, 6.45) is 1.02. The van der Waals surface area contributed by atoms with Gasteiger partial charge in [0.2, 0.25) is 5.91 Å². The van der Waals surface area contributed by atoms with Gasteiger partial charge in [-0.05, 0) is 30.4 Å². The first-order valence-electron chi connectivity index (χ1n) is 7.21. The van der Waals surface area contributed by atoms with E-state index in [9.17, 15) is 4.79 Å². The lowest BCUT2D eigenvalue weighted by molar-refractivity contribution is -0.129. The fraction of sp³-hybridized carbons (Fsp3) is 0.562. The lowest BCUT2D eigenvalue weighted by Gasteiger charge is -2.24. The molecule has 2 atom stereocenters. The van der Waals surface area contributed by atoms with Gasteiger partial charge in [0.15, 0.2) is 0 Å². The van der Waals surface area contributed by atoms with Crippen LogP contribution in [-0.4, -0.2) is 23.4 Å². The highest BCUT2D eigenvalue weighted by Crippen LogP contribution is 2.26. The maximum absolute atomic E-state index is 12.1. The van der Waals surface area contributed by atoms with Gasteiger partial charge in [0.25, 0.3) is 0 Å². The third kappa shape index (κ3) is 2.81. The number of amides is 1. The highest BCUT2D eigenvalue weighted by atomic mass is 16.2. The van der Waals surface area contributed by atoms with Crippen molar-refractivity contribution in [2.45, 2.75) is 52.2 Å². The molecule has 2 unspecified atom stereocenters. The van der Waals surface area contributed by atoms with Crippen LogP contribution in [0.3, 0.4) is 0 Å². The molecule has 0 aromatic heterocycles. The molecule has 1 heterocycles. The minimum absolute atomic E-state index is 0.0312. The lowest BCUT2D eigenvalue weighted by Crippen LogP contribution is -2.31. The van der Waals surface area contributed by atoms with Gasteiger partial charge in [-0.2, -0.15) is 0 Å². The quantitative estimate of drug-likeness (QED) is 0.902. The maximum atomic E-state index is 12.1. The van der Waals surface area contributed by atoms with E-state index in [1.54, 1.807) is 0 Å². The molecular formula is C16H24N2O. The largest absolute Gasteiger partial charge is 0.322 e. The fourth-order valence-corrected chi connectivity index (χ4v) is 2.59. The summed E-state index contributed by atoms with van der Waals surface area (Å²) in [4.78, 5) is 14.1. The van der Waals surface area contributed by atoms with Crippen LogP contribution in [0.2, 0.25) is 0 Å². The fourth-order valence-electron chi connectivity index (χ4n) is 2.59. The summed E-state index contributed by atoms with van der Waals surface area (Å²) >= 11 is 0. The number of rotatable bonds is 4. The first-order valence-corrected chi connectivity index (χ1v) is 7.21. The summed E-state index contributed by atoms with van der Waals surface area (Å²) < 4.78 is 0. The molecule has 3 heteroatoms. The van der Waals surface area contributed by atoms with Gasteiger partial charge >= 0.3 is 0 Å². The van der Waals surface area contributed by atoms with Crippen molar-refractivity contribution in [2.75, 3.05) is 6.54 Å². The van der Waals surface area contributed by atoms with Crippen LogP contribution in [0, 0.1) is 0 Å². The zero-order valence-corrected chi connectivity index (χ0v) is 12.3. The normalized spacial score (nSPS) is 23.4. The molecule has 19 heavy (non-hydrogen) atoms. The van der Waals surface area contributed by atoms with Gasteiger partial charge in [0.05, 0.1) is 6.04 Å². The Hall–Kier alpha value is -1.35. The van der Waals surface area contributed by atoms with Crippen LogP contribution in [0.25, 0.3) is 0 Å². The smallest absolute Gasteiger partial charge is 0.241 e. The molecule has 1 aliphatic rings. The Morgan fingerprint density at radius 1 is 1.26 bits per heavy atom. The number of nitrogens with zero attached hydrogens (tertiary/aromatic N) is 1. The molecular weight excluding hydrogens is 236 g/mol. The van der Waals surface area contributed by atoms with Gasteiger partial charge < -0.3 is 4.90 Å². The van der Waals surface area contributed by atoms with Crippen molar-refractivity contribution in [3.8, 4) is 0 Å². The predicted octanol–water partition coefficient (Wildman–Crippen LogP) is 3.04. The van der Waals surface area contributed by atoms with E-state index < -0.39 is 0 Å². The van der Waals surface area contributed by atoms with Crippen LogP contribution in [0.4, 0.5) is 0 Å². The summed E-state index contributed by atoms with van der Waals surface area (Å²) in [5.74, 6) is 0.748. The summed E-state index contributed by atoms with van der Waals surface area (Å²) in [7, 11) is 0. The Morgan fingerprint density at radius 3 is 2.42 bits per heavy atom. The van der Waals surface area contributed by atoms with Crippen molar-refractivity contribution in [1.82, 2.24) is 10.2 Å². The Labute approximate surface area is 116 Å². The van der Waals surface area contributed by atoms with Crippen LogP contribution >= 0.6 is 0 Å². The Morgan fingerprint density at radius 2 is 1.89 bits per heavy atom. The molecule has 1 aliphatic heterocycles. The number of hydrogen-bond donors (Lipinski definition) is 1. The number of benzene rings is 1. The number of carbonyl (C=O) groups excluding carboxylic acids is 1. The Balaban J connectivity index is 2.22. The Bertz CT molecular complexity index is 439. The van der Waals surface area contributed by atoms with Crippen molar-refractivity contribution in [2.24, 2.45) is 0 Å². The number of carbonyl (C=O) groups is 1. The van der Waals surface area contributed by atoms with E-state index in [1.807, 2.05) is 11.8 Å². The standard InChI is InChI=1S/C16H24N2O/c1-5-10-18-15(17-12(4)16(18)19)14-8-6-13(7-9-14)11(2)3/h6-9,11-12,15,17H,5,10H2,1-4H3. The summed E-state index contributed by atoms with van der Waals surface area (Å²) in [5, 5.41) is 3.38. The van der Waals surface area contributed by atoms with E-state index in [4.69, 9.17) is 0 Å². The molecule has 2 rings (SSSR count). The van der Waals surface area contributed by atoms with Gasteiger partial charge in [-0.3, -0.25) is 10.1 Å². The van der Waals surface area contributed by atoms with E-state index >= 15 is 0 Å². The second-order valence-electron chi connectivity index (χ2n) is 5.64. The summed E-state index contributed by atoms with van der Waals surface area (Å²) in [6, 6.07) is 8.53. The van der Waals surface area contributed by atoms with Crippen LogP contribution in [-0.2, 0) is 4.79 Å². The van der Waals surface area contributed by atoms with Gasteiger partial charge in [0.1, 0.15) is 6.17 Å². The molecule has 0 bridgehead atoms. The first-order chi connectivity index (χ1) is 9.04. The molecule has 1 aromatic carbocycles. The number of hydrogen-bond acceptors (Lipinski definition) is 2. The van der Waals surface area contributed by atoms with Crippen molar-refractivity contribution in [1.29, 1.82) is 0 Å². The van der Waals surface area contributed by atoms with E-state index in [2.05, 4.69) is 50.4 Å². The predicted molar refractivity (Wildman–Crippen MR) is 77.9 cm³/mol. The molecule has 0 spiro atoms. The highest BCUT2D eigenvalue weighted by Gasteiger charge is 2.36. The summed E-state index contributed by atoms with van der Waals surface area (Å²) in [6.45, 7) is 9.24. The molecule has 1 saturated heterocycles. The third-order valence-corrected chi connectivity index (χ3v) is 3.76. The summed E-state index contributed by atoms with van der Waals surface area (Å²) in [5.41, 5.74) is 2.51. The molecule has 1 aromatic rings.